The van der Waals surface area contributed by atoms with Gasteiger partial charge in [0, 0.05) is 26.2 Å². The van der Waals surface area contributed by atoms with Crippen LogP contribution in [-0.4, -0.2) is 51.3 Å². The van der Waals surface area contributed by atoms with Crippen molar-refractivity contribution in [1.29, 1.82) is 0 Å². The zero-order chi connectivity index (χ0) is 10.1. The van der Waals surface area contributed by atoms with E-state index in [1.54, 1.807) is 7.11 Å². The summed E-state index contributed by atoms with van der Waals surface area (Å²) in [4.78, 5) is 2.37. The van der Waals surface area contributed by atoms with Gasteiger partial charge >= 0.3 is 0 Å². The van der Waals surface area contributed by atoms with Crippen molar-refractivity contribution in [3.05, 3.63) is 0 Å². The Balaban J connectivity index is 3.32. The number of hydrogen-bond acceptors (Lipinski definition) is 3. The Bertz CT molecular complexity index is 109. The van der Waals surface area contributed by atoms with E-state index in [4.69, 9.17) is 4.74 Å². The summed E-state index contributed by atoms with van der Waals surface area (Å²) < 4.78 is 4.96. The van der Waals surface area contributed by atoms with Crippen LogP contribution >= 0.6 is 0 Å². The molecule has 0 fully saturated rings. The lowest BCUT2D eigenvalue weighted by Crippen LogP contribution is -2.39. The van der Waals surface area contributed by atoms with Gasteiger partial charge in [-0.05, 0) is 26.9 Å². The Morgan fingerprint density at radius 1 is 1.46 bits per heavy atom. The number of methoxy groups -OCH3 is 1. The summed E-state index contributed by atoms with van der Waals surface area (Å²) in [7, 11) is 3.90. The first-order chi connectivity index (χ1) is 6.22. The van der Waals surface area contributed by atoms with Crippen LogP contribution in [0.25, 0.3) is 0 Å². The second kappa shape index (κ2) is 8.48. The molecule has 13 heavy (non-hydrogen) atoms. The Morgan fingerprint density at radius 3 is 2.69 bits per heavy atom. The van der Waals surface area contributed by atoms with Gasteiger partial charge in [-0.1, -0.05) is 6.92 Å². The molecule has 0 radical (unpaired) electrons. The van der Waals surface area contributed by atoms with E-state index >= 15 is 0 Å². The zero-order valence-electron chi connectivity index (χ0n) is 9.47. The summed E-state index contributed by atoms with van der Waals surface area (Å²) in [5.74, 6) is 0. The molecule has 1 unspecified atom stereocenters. The molecule has 0 bridgehead atoms. The fourth-order valence-electron chi connectivity index (χ4n) is 1.21. The third-order valence-corrected chi connectivity index (χ3v) is 2.25. The normalized spacial score (nSPS) is 13.6. The van der Waals surface area contributed by atoms with Crippen LogP contribution in [0.15, 0.2) is 0 Å². The first-order valence-electron chi connectivity index (χ1n) is 5.12. The quantitative estimate of drug-likeness (QED) is 0.574. The predicted octanol–water partition coefficient (Wildman–Crippen LogP) is 0.953. The summed E-state index contributed by atoms with van der Waals surface area (Å²) >= 11 is 0. The number of ether oxygens (including phenoxy) is 1. The number of likely N-dealkylation sites (N-methyl/N-ethyl adjacent to an activating group) is 1. The molecule has 0 aliphatic carbocycles. The van der Waals surface area contributed by atoms with Crippen molar-refractivity contribution in [2.75, 3.05) is 40.4 Å². The largest absolute Gasteiger partial charge is 0.383 e. The van der Waals surface area contributed by atoms with Crippen LogP contribution in [0.5, 0.6) is 0 Å². The molecule has 0 amide bonds. The highest BCUT2D eigenvalue weighted by molar-refractivity contribution is 4.65. The monoisotopic (exact) mass is 188 g/mol. The van der Waals surface area contributed by atoms with E-state index in [-0.39, 0.29) is 0 Å². The van der Waals surface area contributed by atoms with Gasteiger partial charge in [-0.15, -0.1) is 0 Å². The second-order valence-electron chi connectivity index (χ2n) is 3.53. The third-order valence-electron chi connectivity index (χ3n) is 2.25. The minimum Gasteiger partial charge on any atom is -0.383 e. The predicted molar refractivity (Wildman–Crippen MR) is 57.1 cm³/mol. The molecule has 3 nitrogen and oxygen atoms in total. The third kappa shape index (κ3) is 6.99. The highest BCUT2D eigenvalue weighted by Gasteiger charge is 2.06. The molecular formula is C10H24N2O. The van der Waals surface area contributed by atoms with Crippen molar-refractivity contribution in [3.63, 3.8) is 0 Å². The van der Waals surface area contributed by atoms with Gasteiger partial charge in [0.2, 0.25) is 0 Å². The van der Waals surface area contributed by atoms with Gasteiger partial charge in [0.05, 0.1) is 6.61 Å². The number of rotatable bonds is 8. The minimum absolute atomic E-state index is 0.608. The van der Waals surface area contributed by atoms with E-state index in [0.717, 1.165) is 19.7 Å². The van der Waals surface area contributed by atoms with Crippen molar-refractivity contribution in [2.24, 2.45) is 0 Å². The lowest BCUT2D eigenvalue weighted by molar-refractivity contribution is 0.192. The van der Waals surface area contributed by atoms with Gasteiger partial charge < -0.3 is 15.0 Å². The zero-order valence-corrected chi connectivity index (χ0v) is 9.47. The average Bonchev–Trinajstić information content (AvgIpc) is 2.12. The van der Waals surface area contributed by atoms with Crippen molar-refractivity contribution in [3.8, 4) is 0 Å². The number of hydrogen-bond donors (Lipinski definition) is 1. The maximum Gasteiger partial charge on any atom is 0.0587 e. The summed E-state index contributed by atoms with van der Waals surface area (Å²) in [5, 5.41) is 3.36. The van der Waals surface area contributed by atoms with Crippen molar-refractivity contribution < 1.29 is 4.74 Å². The van der Waals surface area contributed by atoms with Crippen LogP contribution in [0.3, 0.4) is 0 Å². The Hall–Kier alpha value is -0.120. The smallest absolute Gasteiger partial charge is 0.0587 e. The topological polar surface area (TPSA) is 24.5 Å². The number of nitrogens with zero attached hydrogens (tertiary/aromatic N) is 1. The second-order valence-corrected chi connectivity index (χ2v) is 3.53. The first kappa shape index (κ1) is 12.9. The highest BCUT2D eigenvalue weighted by atomic mass is 16.5. The Labute approximate surface area is 82.4 Å². The van der Waals surface area contributed by atoms with Crippen LogP contribution in [0.2, 0.25) is 0 Å². The van der Waals surface area contributed by atoms with Gasteiger partial charge in [-0.25, -0.2) is 0 Å². The maximum atomic E-state index is 4.96. The molecule has 0 saturated heterocycles. The maximum absolute atomic E-state index is 4.96. The molecule has 0 rings (SSSR count). The lowest BCUT2D eigenvalue weighted by atomic mass is 10.3. The standard InChI is InChI=1S/C10H24N2O/c1-5-7-12(3)10(2)9-11-6-8-13-4/h10-11H,5-9H2,1-4H3. The van der Waals surface area contributed by atoms with Gasteiger partial charge in [0.1, 0.15) is 0 Å². The van der Waals surface area contributed by atoms with Crippen LogP contribution in [0.4, 0.5) is 0 Å². The molecular weight excluding hydrogens is 164 g/mol. The van der Waals surface area contributed by atoms with Crippen molar-refractivity contribution in [2.45, 2.75) is 26.3 Å². The molecule has 80 valence electrons. The molecule has 0 aliphatic rings. The molecule has 0 aromatic heterocycles. The van der Waals surface area contributed by atoms with E-state index in [9.17, 15) is 0 Å². The van der Waals surface area contributed by atoms with Crippen LogP contribution in [-0.2, 0) is 4.74 Å². The summed E-state index contributed by atoms with van der Waals surface area (Å²) in [6.07, 6.45) is 1.22. The van der Waals surface area contributed by atoms with E-state index in [1.807, 2.05) is 0 Å². The SMILES string of the molecule is CCCN(C)C(C)CNCCOC. The molecule has 0 saturated carbocycles. The first-order valence-corrected chi connectivity index (χ1v) is 5.12. The van der Waals surface area contributed by atoms with Gasteiger partial charge in [0.25, 0.3) is 0 Å². The Morgan fingerprint density at radius 2 is 2.15 bits per heavy atom. The fourth-order valence-corrected chi connectivity index (χ4v) is 1.21. The molecule has 0 spiro atoms. The molecule has 0 aliphatic heterocycles. The molecule has 1 N–H and O–H groups in total. The van der Waals surface area contributed by atoms with E-state index in [2.05, 4.69) is 31.1 Å². The average molecular weight is 188 g/mol. The Kier molecular flexibility index (Phi) is 8.40. The van der Waals surface area contributed by atoms with Crippen molar-refractivity contribution in [1.82, 2.24) is 10.2 Å². The van der Waals surface area contributed by atoms with Crippen LogP contribution < -0.4 is 5.32 Å². The molecule has 3 heteroatoms. The van der Waals surface area contributed by atoms with Gasteiger partial charge in [-0.3, -0.25) is 0 Å². The van der Waals surface area contributed by atoms with Crippen LogP contribution in [0.1, 0.15) is 20.3 Å². The molecule has 1 atom stereocenters. The fraction of sp³-hybridized carbons (Fsp3) is 1.00. The lowest BCUT2D eigenvalue weighted by Gasteiger charge is -2.24. The summed E-state index contributed by atoms with van der Waals surface area (Å²) in [5.41, 5.74) is 0. The summed E-state index contributed by atoms with van der Waals surface area (Å²) in [6, 6.07) is 0.608. The van der Waals surface area contributed by atoms with Gasteiger partial charge in [0.15, 0.2) is 0 Å². The van der Waals surface area contributed by atoms with E-state index in [1.165, 1.54) is 13.0 Å². The molecule has 0 heterocycles. The molecule has 0 aromatic carbocycles. The van der Waals surface area contributed by atoms with Crippen molar-refractivity contribution >= 4 is 0 Å². The molecule has 0 aromatic rings. The number of nitrogens with one attached hydrogen (secondary N) is 1. The summed E-state index contributed by atoms with van der Waals surface area (Å²) in [6.45, 7) is 8.41. The minimum atomic E-state index is 0.608. The van der Waals surface area contributed by atoms with E-state index in [0.29, 0.717) is 6.04 Å². The van der Waals surface area contributed by atoms with Gasteiger partial charge in [-0.2, -0.15) is 0 Å². The highest BCUT2D eigenvalue weighted by Crippen LogP contribution is 1.94. The van der Waals surface area contributed by atoms with E-state index < -0.39 is 0 Å². The van der Waals surface area contributed by atoms with Crippen LogP contribution in [0, 0.1) is 0 Å².